The van der Waals surface area contributed by atoms with Crippen LogP contribution in [0, 0.1) is 28.4 Å². The molecule has 0 aliphatic rings. The number of carbonyl (C=O) groups excluding carboxylic acids is 1. The zero-order valence-corrected chi connectivity index (χ0v) is 18.4. The molecular formula is C26H18ClN3O3. The standard InChI is InChI=1S/C26H18ClN3O3/c1-17-24(14-20(15-28)26(31)19-5-4-6-22(13-19)30(32)33)23-7-2-3-8-25(23)29(17)16-18-9-11-21(27)12-10-18/h2-14H,16H2,1H3/b20-14+. The lowest BCUT2D eigenvalue weighted by atomic mass is 10.0. The number of nitriles is 1. The number of para-hydroxylation sites is 1. The van der Waals surface area contributed by atoms with E-state index >= 15 is 0 Å². The van der Waals surface area contributed by atoms with Crippen molar-refractivity contribution in [1.29, 1.82) is 5.26 Å². The van der Waals surface area contributed by atoms with Crippen LogP contribution in [-0.4, -0.2) is 15.3 Å². The van der Waals surface area contributed by atoms with Crippen LogP contribution in [0.3, 0.4) is 0 Å². The summed E-state index contributed by atoms with van der Waals surface area (Å²) in [4.78, 5) is 23.5. The van der Waals surface area contributed by atoms with E-state index in [1.807, 2.05) is 61.5 Å². The van der Waals surface area contributed by atoms with Gasteiger partial charge in [-0.25, -0.2) is 0 Å². The van der Waals surface area contributed by atoms with Gasteiger partial charge in [0.2, 0.25) is 5.78 Å². The number of nitro groups is 1. The van der Waals surface area contributed by atoms with Crippen molar-refractivity contribution in [2.45, 2.75) is 13.5 Å². The van der Waals surface area contributed by atoms with Gasteiger partial charge in [0, 0.05) is 51.4 Å². The topological polar surface area (TPSA) is 88.9 Å². The Kier molecular flexibility index (Phi) is 6.07. The van der Waals surface area contributed by atoms with Crippen LogP contribution in [-0.2, 0) is 6.54 Å². The molecule has 0 unspecified atom stereocenters. The zero-order valence-electron chi connectivity index (χ0n) is 17.7. The number of halogens is 1. The number of hydrogen-bond acceptors (Lipinski definition) is 4. The van der Waals surface area contributed by atoms with Crippen molar-refractivity contribution in [3.05, 3.63) is 116 Å². The summed E-state index contributed by atoms with van der Waals surface area (Å²) in [7, 11) is 0. The molecule has 0 atom stereocenters. The third-order valence-corrected chi connectivity index (χ3v) is 5.76. The summed E-state index contributed by atoms with van der Waals surface area (Å²) >= 11 is 6.01. The molecule has 7 heteroatoms. The van der Waals surface area contributed by atoms with Gasteiger partial charge in [-0.15, -0.1) is 0 Å². The molecule has 3 aromatic carbocycles. The van der Waals surface area contributed by atoms with E-state index in [1.54, 1.807) is 6.08 Å². The molecule has 0 saturated heterocycles. The highest BCUT2D eigenvalue weighted by Crippen LogP contribution is 2.29. The predicted molar refractivity (Wildman–Crippen MR) is 128 cm³/mol. The van der Waals surface area contributed by atoms with Gasteiger partial charge in [-0.1, -0.05) is 54.1 Å². The lowest BCUT2D eigenvalue weighted by Gasteiger charge is -2.09. The van der Waals surface area contributed by atoms with E-state index in [-0.39, 0.29) is 16.8 Å². The normalized spacial score (nSPS) is 11.4. The molecule has 0 aliphatic carbocycles. The summed E-state index contributed by atoms with van der Waals surface area (Å²) < 4.78 is 2.12. The molecule has 1 aromatic heterocycles. The molecule has 0 amide bonds. The van der Waals surface area contributed by atoms with Gasteiger partial charge in [0.25, 0.3) is 5.69 Å². The van der Waals surface area contributed by atoms with Crippen molar-refractivity contribution >= 4 is 40.1 Å². The number of hydrogen-bond donors (Lipinski definition) is 0. The molecule has 0 aliphatic heterocycles. The van der Waals surface area contributed by atoms with Crippen molar-refractivity contribution < 1.29 is 9.72 Å². The first-order valence-corrected chi connectivity index (χ1v) is 10.5. The number of nitrogens with zero attached hydrogens (tertiary/aromatic N) is 3. The summed E-state index contributed by atoms with van der Waals surface area (Å²) in [5.41, 5.74) is 3.49. The monoisotopic (exact) mass is 455 g/mol. The minimum Gasteiger partial charge on any atom is -0.340 e. The fraction of sp³-hybridized carbons (Fsp3) is 0.0769. The summed E-state index contributed by atoms with van der Waals surface area (Å²) in [6, 6.07) is 22.7. The third-order valence-electron chi connectivity index (χ3n) is 5.51. The largest absolute Gasteiger partial charge is 0.340 e. The quantitative estimate of drug-likeness (QED) is 0.111. The van der Waals surface area contributed by atoms with E-state index in [0.717, 1.165) is 27.7 Å². The van der Waals surface area contributed by atoms with Gasteiger partial charge >= 0.3 is 0 Å². The molecule has 0 radical (unpaired) electrons. The van der Waals surface area contributed by atoms with Gasteiger partial charge in [-0.05, 0) is 36.8 Å². The molecular weight excluding hydrogens is 438 g/mol. The minimum absolute atomic E-state index is 0.0898. The van der Waals surface area contributed by atoms with Crippen molar-refractivity contribution in [1.82, 2.24) is 4.57 Å². The Morgan fingerprint density at radius 2 is 1.85 bits per heavy atom. The maximum atomic E-state index is 13.0. The highest BCUT2D eigenvalue weighted by atomic mass is 35.5. The van der Waals surface area contributed by atoms with E-state index in [4.69, 9.17) is 11.6 Å². The number of allylic oxidation sites excluding steroid dienone is 1. The molecule has 1 heterocycles. The Morgan fingerprint density at radius 1 is 1.12 bits per heavy atom. The molecule has 162 valence electrons. The van der Waals surface area contributed by atoms with Crippen molar-refractivity contribution in [3.63, 3.8) is 0 Å². The van der Waals surface area contributed by atoms with Crippen LogP contribution in [0.4, 0.5) is 5.69 Å². The number of benzene rings is 3. The first-order chi connectivity index (χ1) is 15.9. The van der Waals surface area contributed by atoms with Crippen molar-refractivity contribution in [2.75, 3.05) is 0 Å². The second kappa shape index (κ2) is 9.11. The van der Waals surface area contributed by atoms with Crippen LogP contribution >= 0.6 is 11.6 Å². The molecule has 0 saturated carbocycles. The average Bonchev–Trinajstić information content (AvgIpc) is 3.09. The van der Waals surface area contributed by atoms with Crippen LogP contribution in [0.25, 0.3) is 17.0 Å². The summed E-state index contributed by atoms with van der Waals surface area (Å²) in [6.45, 7) is 2.53. The SMILES string of the molecule is Cc1c(/C=C(\C#N)C(=O)c2cccc([N+](=O)[O-])c2)c2ccccc2n1Cc1ccc(Cl)cc1. The molecule has 4 rings (SSSR count). The van der Waals surface area contributed by atoms with E-state index in [9.17, 15) is 20.2 Å². The Bertz CT molecular complexity index is 1460. The molecule has 4 aromatic rings. The number of fused-ring (bicyclic) bond motifs is 1. The number of rotatable bonds is 6. The van der Waals surface area contributed by atoms with Gasteiger partial charge in [-0.3, -0.25) is 14.9 Å². The average molecular weight is 456 g/mol. The second-order valence-electron chi connectivity index (χ2n) is 7.54. The van der Waals surface area contributed by atoms with Gasteiger partial charge in [-0.2, -0.15) is 5.26 Å². The lowest BCUT2D eigenvalue weighted by molar-refractivity contribution is -0.384. The van der Waals surface area contributed by atoms with Gasteiger partial charge < -0.3 is 4.57 Å². The first kappa shape index (κ1) is 22.0. The number of ketones is 1. The summed E-state index contributed by atoms with van der Waals surface area (Å²) in [5.74, 6) is -0.560. The predicted octanol–water partition coefficient (Wildman–Crippen LogP) is 6.35. The van der Waals surface area contributed by atoms with E-state index < -0.39 is 10.7 Å². The second-order valence-corrected chi connectivity index (χ2v) is 7.97. The Labute approximate surface area is 195 Å². The maximum absolute atomic E-state index is 13.0. The number of carbonyl (C=O) groups is 1. The Hall–Kier alpha value is -4.21. The number of non-ortho nitro benzene ring substituents is 1. The highest BCUT2D eigenvalue weighted by molar-refractivity contribution is 6.30. The molecule has 33 heavy (non-hydrogen) atoms. The first-order valence-electron chi connectivity index (χ1n) is 10.1. The van der Waals surface area contributed by atoms with E-state index in [0.29, 0.717) is 11.6 Å². The third kappa shape index (κ3) is 4.40. The maximum Gasteiger partial charge on any atom is 0.270 e. The fourth-order valence-corrected chi connectivity index (χ4v) is 3.95. The highest BCUT2D eigenvalue weighted by Gasteiger charge is 2.19. The summed E-state index contributed by atoms with van der Waals surface area (Å²) in [5, 5.41) is 22.4. The Morgan fingerprint density at radius 3 is 2.55 bits per heavy atom. The molecule has 0 N–H and O–H groups in total. The Balaban J connectivity index is 1.80. The van der Waals surface area contributed by atoms with Gasteiger partial charge in [0.15, 0.2) is 0 Å². The lowest BCUT2D eigenvalue weighted by Crippen LogP contribution is -2.04. The van der Waals surface area contributed by atoms with Gasteiger partial charge in [0.1, 0.15) is 11.6 Å². The smallest absolute Gasteiger partial charge is 0.270 e. The molecule has 0 bridgehead atoms. The van der Waals surface area contributed by atoms with Crippen LogP contribution in [0.15, 0.2) is 78.4 Å². The fourth-order valence-electron chi connectivity index (χ4n) is 3.83. The number of aromatic nitrogens is 1. The van der Waals surface area contributed by atoms with Crippen molar-refractivity contribution in [2.24, 2.45) is 0 Å². The number of Topliss-reactive ketones (excluding diaryl/α,β-unsaturated/α-hetero) is 1. The van der Waals surface area contributed by atoms with Crippen LogP contribution in [0.1, 0.15) is 27.2 Å². The van der Waals surface area contributed by atoms with E-state index in [2.05, 4.69) is 4.57 Å². The van der Waals surface area contributed by atoms with E-state index in [1.165, 1.54) is 24.3 Å². The van der Waals surface area contributed by atoms with Crippen LogP contribution < -0.4 is 0 Å². The minimum atomic E-state index is -0.568. The summed E-state index contributed by atoms with van der Waals surface area (Å²) in [6.07, 6.45) is 1.57. The van der Waals surface area contributed by atoms with Crippen LogP contribution in [0.2, 0.25) is 5.02 Å². The molecule has 0 fully saturated rings. The number of nitro benzene ring substituents is 1. The van der Waals surface area contributed by atoms with Crippen molar-refractivity contribution in [3.8, 4) is 6.07 Å². The zero-order chi connectivity index (χ0) is 23.5. The van der Waals surface area contributed by atoms with Gasteiger partial charge in [0.05, 0.1) is 4.92 Å². The van der Waals surface area contributed by atoms with Crippen LogP contribution in [0.5, 0.6) is 0 Å². The molecule has 6 nitrogen and oxygen atoms in total. The molecule has 0 spiro atoms.